The molecule has 86 valence electrons. The molecule has 17 heavy (non-hydrogen) atoms. The van der Waals surface area contributed by atoms with E-state index in [4.69, 9.17) is 28.5 Å². The molecule has 0 unspecified atom stereocenters. The zero-order valence-electron chi connectivity index (χ0n) is 9.11. The Hall–Kier alpha value is -1.50. The van der Waals surface area contributed by atoms with E-state index in [1.165, 1.54) is 0 Å². The van der Waals surface area contributed by atoms with Crippen molar-refractivity contribution in [2.45, 2.75) is 13.5 Å². The maximum atomic E-state index is 8.91. The van der Waals surface area contributed by atoms with Gasteiger partial charge in [0.15, 0.2) is 0 Å². The van der Waals surface area contributed by atoms with Gasteiger partial charge in [0.25, 0.3) is 0 Å². The Bertz CT molecular complexity index is 579. The molecule has 0 aliphatic carbocycles. The molecule has 0 saturated heterocycles. The highest BCUT2D eigenvalue weighted by Crippen LogP contribution is 2.20. The summed E-state index contributed by atoms with van der Waals surface area (Å²) in [7, 11) is 0. The number of hydrogen-bond acceptors (Lipinski definition) is 2. The van der Waals surface area contributed by atoms with Crippen LogP contribution < -0.4 is 0 Å². The lowest BCUT2D eigenvalue weighted by Crippen LogP contribution is -2.01. The van der Waals surface area contributed by atoms with Gasteiger partial charge in [0.2, 0.25) is 0 Å². The van der Waals surface area contributed by atoms with E-state index in [0.717, 1.165) is 5.56 Å². The van der Waals surface area contributed by atoms with E-state index in [0.29, 0.717) is 28.0 Å². The summed E-state index contributed by atoms with van der Waals surface area (Å²) in [6.07, 6.45) is 0. The first kappa shape index (κ1) is 12.0. The van der Waals surface area contributed by atoms with Crippen LogP contribution in [0.2, 0.25) is 10.2 Å². The van der Waals surface area contributed by atoms with Gasteiger partial charge in [-0.05, 0) is 24.6 Å². The Morgan fingerprint density at radius 2 is 1.94 bits per heavy atom. The van der Waals surface area contributed by atoms with Gasteiger partial charge in [0.05, 0.1) is 12.2 Å². The van der Waals surface area contributed by atoms with Crippen molar-refractivity contribution in [2.24, 2.45) is 0 Å². The molecular formula is C12H9Cl2N3. The predicted octanol–water partition coefficient (Wildman–Crippen LogP) is 3.42. The topological polar surface area (TPSA) is 41.6 Å². The summed E-state index contributed by atoms with van der Waals surface area (Å²) in [5.41, 5.74) is 2.11. The van der Waals surface area contributed by atoms with Crippen molar-refractivity contribution in [3.63, 3.8) is 0 Å². The van der Waals surface area contributed by atoms with Crippen molar-refractivity contribution in [1.82, 2.24) is 9.78 Å². The van der Waals surface area contributed by atoms with Crippen molar-refractivity contribution in [1.29, 1.82) is 5.26 Å². The molecule has 2 rings (SSSR count). The second-order valence-corrected chi connectivity index (χ2v) is 4.44. The summed E-state index contributed by atoms with van der Waals surface area (Å²) >= 11 is 11.9. The number of aryl methyl sites for hydroxylation is 1. The number of rotatable bonds is 2. The summed E-state index contributed by atoms with van der Waals surface area (Å²) in [5.74, 6) is 0. The van der Waals surface area contributed by atoms with E-state index >= 15 is 0 Å². The highest BCUT2D eigenvalue weighted by molar-refractivity contribution is 6.31. The highest BCUT2D eigenvalue weighted by atomic mass is 35.5. The molecule has 0 aliphatic heterocycles. The monoisotopic (exact) mass is 265 g/mol. The summed E-state index contributed by atoms with van der Waals surface area (Å²) in [6.45, 7) is 2.29. The minimum absolute atomic E-state index is 0.375. The quantitative estimate of drug-likeness (QED) is 0.835. The zero-order valence-corrected chi connectivity index (χ0v) is 10.6. The van der Waals surface area contributed by atoms with Crippen LogP contribution in [-0.2, 0) is 6.54 Å². The molecule has 0 N–H and O–H groups in total. The SMILES string of the molecule is Cc1nn(Cc2ccc(Cl)cc2)c(Cl)c1C#N. The van der Waals surface area contributed by atoms with Crippen molar-refractivity contribution in [3.8, 4) is 6.07 Å². The Balaban J connectivity index is 2.31. The molecule has 1 aromatic heterocycles. The smallest absolute Gasteiger partial charge is 0.145 e. The minimum Gasteiger partial charge on any atom is -0.248 e. The maximum Gasteiger partial charge on any atom is 0.145 e. The molecule has 0 bridgehead atoms. The number of nitriles is 1. The molecule has 2 aromatic rings. The molecule has 0 saturated carbocycles. The number of aromatic nitrogens is 2. The third kappa shape index (κ3) is 2.44. The standard InChI is InChI=1S/C12H9Cl2N3/c1-8-11(6-15)12(14)17(16-8)7-9-2-4-10(13)5-3-9/h2-5H,7H2,1H3. The summed E-state index contributed by atoms with van der Waals surface area (Å²) in [5, 5.41) is 14.2. The molecular weight excluding hydrogens is 257 g/mol. The largest absolute Gasteiger partial charge is 0.248 e. The average Bonchev–Trinajstić information content (AvgIpc) is 2.57. The van der Waals surface area contributed by atoms with E-state index in [1.54, 1.807) is 11.6 Å². The Morgan fingerprint density at radius 3 is 2.47 bits per heavy atom. The van der Waals surface area contributed by atoms with Crippen LogP contribution >= 0.6 is 23.2 Å². The van der Waals surface area contributed by atoms with Crippen LogP contribution in [0.25, 0.3) is 0 Å². The fourth-order valence-corrected chi connectivity index (χ4v) is 1.95. The zero-order chi connectivity index (χ0) is 12.4. The van der Waals surface area contributed by atoms with E-state index in [2.05, 4.69) is 5.10 Å². The molecule has 0 atom stereocenters. The van der Waals surface area contributed by atoms with Crippen molar-refractivity contribution < 1.29 is 0 Å². The lowest BCUT2D eigenvalue weighted by atomic mass is 10.2. The molecule has 3 nitrogen and oxygen atoms in total. The molecule has 0 aliphatic rings. The van der Waals surface area contributed by atoms with Crippen LogP contribution in [0.5, 0.6) is 0 Å². The van der Waals surface area contributed by atoms with E-state index in [9.17, 15) is 0 Å². The number of halogens is 2. The Labute approximate surface area is 109 Å². The van der Waals surface area contributed by atoms with Gasteiger partial charge in [-0.1, -0.05) is 35.3 Å². The van der Waals surface area contributed by atoms with Crippen LogP contribution in [-0.4, -0.2) is 9.78 Å². The fraction of sp³-hybridized carbons (Fsp3) is 0.167. The van der Waals surface area contributed by atoms with Crippen LogP contribution in [0.3, 0.4) is 0 Å². The van der Waals surface area contributed by atoms with Crippen molar-refractivity contribution in [3.05, 3.63) is 51.3 Å². The normalized spacial score (nSPS) is 10.2. The van der Waals surface area contributed by atoms with Gasteiger partial charge in [-0.2, -0.15) is 10.4 Å². The van der Waals surface area contributed by atoms with Crippen LogP contribution in [0.15, 0.2) is 24.3 Å². The minimum atomic E-state index is 0.375. The second-order valence-electron chi connectivity index (χ2n) is 3.65. The van der Waals surface area contributed by atoms with Gasteiger partial charge in [0, 0.05) is 5.02 Å². The van der Waals surface area contributed by atoms with Crippen molar-refractivity contribution in [2.75, 3.05) is 0 Å². The Kier molecular flexibility index (Phi) is 3.37. The maximum absolute atomic E-state index is 8.91. The molecule has 1 heterocycles. The molecule has 5 heteroatoms. The number of nitrogens with zero attached hydrogens (tertiary/aromatic N) is 3. The van der Waals surface area contributed by atoms with E-state index in [-0.39, 0.29) is 0 Å². The average molecular weight is 266 g/mol. The van der Waals surface area contributed by atoms with Crippen molar-refractivity contribution >= 4 is 23.2 Å². The predicted molar refractivity (Wildman–Crippen MR) is 67.2 cm³/mol. The molecule has 0 radical (unpaired) electrons. The third-order valence-electron chi connectivity index (χ3n) is 2.42. The number of benzene rings is 1. The van der Waals surface area contributed by atoms with E-state index < -0.39 is 0 Å². The molecule has 0 spiro atoms. The first-order valence-electron chi connectivity index (χ1n) is 4.99. The van der Waals surface area contributed by atoms with Gasteiger partial charge >= 0.3 is 0 Å². The number of hydrogen-bond donors (Lipinski definition) is 0. The molecule has 0 fully saturated rings. The van der Waals surface area contributed by atoms with Crippen LogP contribution in [0.4, 0.5) is 0 Å². The molecule has 1 aromatic carbocycles. The second kappa shape index (κ2) is 4.79. The van der Waals surface area contributed by atoms with Gasteiger partial charge < -0.3 is 0 Å². The van der Waals surface area contributed by atoms with Crippen LogP contribution in [0.1, 0.15) is 16.8 Å². The highest BCUT2D eigenvalue weighted by Gasteiger charge is 2.12. The van der Waals surface area contributed by atoms with Gasteiger partial charge in [-0.3, -0.25) is 0 Å². The lowest BCUT2D eigenvalue weighted by Gasteiger charge is -2.03. The van der Waals surface area contributed by atoms with E-state index in [1.807, 2.05) is 30.3 Å². The summed E-state index contributed by atoms with van der Waals surface area (Å²) < 4.78 is 1.61. The summed E-state index contributed by atoms with van der Waals surface area (Å²) in [4.78, 5) is 0. The lowest BCUT2D eigenvalue weighted by molar-refractivity contribution is 0.680. The fourth-order valence-electron chi connectivity index (χ4n) is 1.55. The van der Waals surface area contributed by atoms with Gasteiger partial charge in [-0.25, -0.2) is 4.68 Å². The molecule has 0 amide bonds. The van der Waals surface area contributed by atoms with Gasteiger partial charge in [-0.15, -0.1) is 0 Å². The first-order valence-corrected chi connectivity index (χ1v) is 5.75. The Morgan fingerprint density at radius 1 is 1.29 bits per heavy atom. The van der Waals surface area contributed by atoms with Crippen LogP contribution in [0, 0.1) is 18.3 Å². The first-order chi connectivity index (χ1) is 8.11. The van der Waals surface area contributed by atoms with Gasteiger partial charge in [0.1, 0.15) is 16.8 Å². The summed E-state index contributed by atoms with van der Waals surface area (Å²) in [6, 6.07) is 9.48. The third-order valence-corrected chi connectivity index (χ3v) is 3.06.